The van der Waals surface area contributed by atoms with Gasteiger partial charge in [0.05, 0.1) is 19.2 Å². The molecular formula is C24H18ClNO6. The fraction of sp³-hybridized carbons (Fsp3) is 0.125. The summed E-state index contributed by atoms with van der Waals surface area (Å²) in [6.07, 6.45) is -1.46. The molecule has 0 aliphatic carbocycles. The van der Waals surface area contributed by atoms with E-state index >= 15 is 0 Å². The highest BCUT2D eigenvalue weighted by Crippen LogP contribution is 2.20. The van der Waals surface area contributed by atoms with Crippen molar-refractivity contribution in [2.75, 3.05) is 7.11 Å². The molecule has 0 saturated carbocycles. The Balaban J connectivity index is 1.59. The van der Waals surface area contributed by atoms with E-state index in [4.69, 9.17) is 20.8 Å². The number of aliphatic hydroxyl groups is 1. The first-order valence-electron chi connectivity index (χ1n) is 9.67. The molecule has 1 atom stereocenters. The minimum atomic E-state index is -1.46. The second kappa shape index (κ2) is 8.82. The fourth-order valence-electron chi connectivity index (χ4n) is 3.35. The van der Waals surface area contributed by atoms with Gasteiger partial charge >= 0.3 is 5.76 Å². The van der Waals surface area contributed by atoms with Gasteiger partial charge in [0.15, 0.2) is 17.1 Å². The number of ketones is 2. The molecule has 0 radical (unpaired) electrons. The molecular weight excluding hydrogens is 434 g/mol. The lowest BCUT2D eigenvalue weighted by Gasteiger charge is -2.10. The molecule has 0 aliphatic rings. The molecule has 4 aromatic rings. The summed E-state index contributed by atoms with van der Waals surface area (Å²) in [6, 6.07) is 17.3. The first-order valence-corrected chi connectivity index (χ1v) is 10.0. The summed E-state index contributed by atoms with van der Waals surface area (Å²) in [5.41, 5.74) is 1.61. The zero-order valence-corrected chi connectivity index (χ0v) is 17.7. The van der Waals surface area contributed by atoms with Crippen LogP contribution in [0.3, 0.4) is 0 Å². The first kappa shape index (κ1) is 21.5. The van der Waals surface area contributed by atoms with Crippen LogP contribution in [0.15, 0.2) is 75.9 Å². The Morgan fingerprint density at radius 1 is 1.00 bits per heavy atom. The standard InChI is InChI=1S/C24H18ClNO6/c1-31-18-9-4-14(5-10-18)22(28)16-6-11-19-21(12-16)32-24(30)26(19)13-20(27)23(29)15-2-7-17(25)8-3-15/h2-12,20,27H,13H2,1H3. The number of rotatable bonds is 7. The van der Waals surface area contributed by atoms with E-state index in [2.05, 4.69) is 0 Å². The summed E-state index contributed by atoms with van der Waals surface area (Å²) in [6.45, 7) is -0.293. The number of Topliss-reactive ketones (excluding diaryl/α,β-unsaturated/α-hetero) is 1. The molecule has 3 aromatic carbocycles. The minimum absolute atomic E-state index is 0.181. The number of carbonyl (C=O) groups excluding carboxylic acids is 2. The molecule has 0 bridgehead atoms. The van der Waals surface area contributed by atoms with Gasteiger partial charge in [-0.3, -0.25) is 14.2 Å². The van der Waals surface area contributed by atoms with Crippen molar-refractivity contribution in [2.24, 2.45) is 0 Å². The zero-order valence-electron chi connectivity index (χ0n) is 16.9. The number of carbonyl (C=O) groups is 2. The van der Waals surface area contributed by atoms with Crippen LogP contribution in [0.25, 0.3) is 11.1 Å². The van der Waals surface area contributed by atoms with E-state index in [9.17, 15) is 19.5 Å². The van der Waals surface area contributed by atoms with Gasteiger partial charge in [-0.25, -0.2) is 4.79 Å². The lowest BCUT2D eigenvalue weighted by molar-refractivity contribution is 0.0710. The number of aliphatic hydroxyl groups excluding tert-OH is 1. The minimum Gasteiger partial charge on any atom is -0.497 e. The van der Waals surface area contributed by atoms with Gasteiger partial charge in [0.1, 0.15) is 11.9 Å². The van der Waals surface area contributed by atoms with Gasteiger partial charge < -0.3 is 14.3 Å². The van der Waals surface area contributed by atoms with E-state index < -0.39 is 17.6 Å². The molecule has 0 spiro atoms. The summed E-state index contributed by atoms with van der Waals surface area (Å²) in [7, 11) is 1.54. The summed E-state index contributed by atoms with van der Waals surface area (Å²) in [4.78, 5) is 37.6. The maximum Gasteiger partial charge on any atom is 0.420 e. The molecule has 1 heterocycles. The number of nitrogens with zero attached hydrogens (tertiary/aromatic N) is 1. The number of benzene rings is 3. The molecule has 32 heavy (non-hydrogen) atoms. The molecule has 7 nitrogen and oxygen atoms in total. The Labute approximate surface area is 187 Å². The third-order valence-corrected chi connectivity index (χ3v) is 5.32. The van der Waals surface area contributed by atoms with E-state index in [0.29, 0.717) is 27.4 Å². The van der Waals surface area contributed by atoms with Crippen molar-refractivity contribution in [1.82, 2.24) is 4.57 Å². The lowest BCUT2D eigenvalue weighted by Crippen LogP contribution is -2.30. The van der Waals surface area contributed by atoms with Crippen molar-refractivity contribution in [1.29, 1.82) is 0 Å². The molecule has 0 amide bonds. The third-order valence-electron chi connectivity index (χ3n) is 5.07. The van der Waals surface area contributed by atoms with Crippen LogP contribution in [0.2, 0.25) is 5.02 Å². The fourth-order valence-corrected chi connectivity index (χ4v) is 3.48. The largest absolute Gasteiger partial charge is 0.497 e. The third kappa shape index (κ3) is 4.21. The van der Waals surface area contributed by atoms with Crippen molar-refractivity contribution in [2.45, 2.75) is 12.6 Å². The summed E-state index contributed by atoms with van der Waals surface area (Å²) in [5, 5.41) is 10.8. The van der Waals surface area contributed by atoms with Crippen molar-refractivity contribution >= 4 is 34.3 Å². The van der Waals surface area contributed by atoms with Gasteiger partial charge in [-0.05, 0) is 66.7 Å². The number of oxazole rings is 1. The molecule has 0 aliphatic heterocycles. The smallest absolute Gasteiger partial charge is 0.420 e. The number of aromatic nitrogens is 1. The average molecular weight is 452 g/mol. The van der Waals surface area contributed by atoms with Gasteiger partial charge in [0.25, 0.3) is 0 Å². The molecule has 1 aromatic heterocycles. The molecule has 0 fully saturated rings. The Bertz CT molecular complexity index is 1350. The summed E-state index contributed by atoms with van der Waals surface area (Å²) < 4.78 is 11.5. The number of methoxy groups -OCH3 is 1. The average Bonchev–Trinajstić information content (AvgIpc) is 3.12. The number of hydrogen-bond donors (Lipinski definition) is 1. The molecule has 162 valence electrons. The van der Waals surface area contributed by atoms with Crippen LogP contribution in [0, 0.1) is 0 Å². The molecule has 1 N–H and O–H groups in total. The van der Waals surface area contributed by atoms with E-state index in [1.165, 1.54) is 25.3 Å². The van der Waals surface area contributed by atoms with Gasteiger partial charge in [-0.1, -0.05) is 11.6 Å². The van der Waals surface area contributed by atoms with Crippen LogP contribution >= 0.6 is 11.6 Å². The van der Waals surface area contributed by atoms with Gasteiger partial charge in [-0.15, -0.1) is 0 Å². The van der Waals surface area contributed by atoms with Crippen LogP contribution in [0.1, 0.15) is 26.3 Å². The lowest BCUT2D eigenvalue weighted by atomic mass is 10.0. The number of halogens is 1. The maximum atomic E-state index is 12.8. The van der Waals surface area contributed by atoms with Crippen molar-refractivity contribution in [3.8, 4) is 5.75 Å². The van der Waals surface area contributed by atoms with Crippen molar-refractivity contribution < 1.29 is 23.8 Å². The Hall–Kier alpha value is -3.68. The van der Waals surface area contributed by atoms with E-state index in [1.54, 1.807) is 48.5 Å². The summed E-state index contributed by atoms with van der Waals surface area (Å²) in [5.74, 6) is -0.902. The monoisotopic (exact) mass is 451 g/mol. The van der Waals surface area contributed by atoms with Crippen LogP contribution < -0.4 is 10.5 Å². The predicted octanol–water partition coefficient (Wildman–Crippen LogP) is 3.73. The first-order chi connectivity index (χ1) is 15.4. The van der Waals surface area contributed by atoms with Crippen LogP contribution in [-0.2, 0) is 6.54 Å². The van der Waals surface area contributed by atoms with Gasteiger partial charge in [0.2, 0.25) is 0 Å². The Morgan fingerprint density at radius 2 is 1.62 bits per heavy atom. The van der Waals surface area contributed by atoms with E-state index in [0.717, 1.165) is 4.57 Å². The normalized spacial score (nSPS) is 12.0. The second-order valence-electron chi connectivity index (χ2n) is 7.11. The van der Waals surface area contributed by atoms with Crippen LogP contribution in [0.5, 0.6) is 5.75 Å². The molecule has 4 rings (SSSR count). The second-order valence-corrected chi connectivity index (χ2v) is 7.54. The van der Waals surface area contributed by atoms with Crippen molar-refractivity contribution in [3.05, 3.63) is 99.0 Å². The Kier molecular flexibility index (Phi) is 5.94. The highest BCUT2D eigenvalue weighted by molar-refractivity contribution is 6.30. The number of fused-ring (bicyclic) bond motifs is 1. The van der Waals surface area contributed by atoms with Crippen molar-refractivity contribution in [3.63, 3.8) is 0 Å². The highest BCUT2D eigenvalue weighted by atomic mass is 35.5. The molecule has 0 saturated heterocycles. The van der Waals surface area contributed by atoms with Crippen LogP contribution in [0.4, 0.5) is 0 Å². The Morgan fingerprint density at radius 3 is 2.28 bits per heavy atom. The summed E-state index contributed by atoms with van der Waals surface area (Å²) >= 11 is 5.82. The molecule has 8 heteroatoms. The topological polar surface area (TPSA) is 98.7 Å². The zero-order chi connectivity index (χ0) is 22.8. The van der Waals surface area contributed by atoms with Gasteiger partial charge in [0, 0.05) is 21.7 Å². The quantitative estimate of drug-likeness (QED) is 0.430. The predicted molar refractivity (Wildman–Crippen MR) is 119 cm³/mol. The number of hydrogen-bond acceptors (Lipinski definition) is 6. The maximum absolute atomic E-state index is 12.8. The van der Waals surface area contributed by atoms with E-state index in [-0.39, 0.29) is 23.5 Å². The highest BCUT2D eigenvalue weighted by Gasteiger charge is 2.21. The van der Waals surface area contributed by atoms with Crippen LogP contribution in [-0.4, -0.2) is 34.5 Å². The SMILES string of the molecule is COc1ccc(C(=O)c2ccc3c(c2)oc(=O)n3CC(O)C(=O)c2ccc(Cl)cc2)cc1. The number of ether oxygens (including phenoxy) is 1. The van der Waals surface area contributed by atoms with Gasteiger partial charge in [-0.2, -0.15) is 0 Å². The molecule has 1 unspecified atom stereocenters. The van der Waals surface area contributed by atoms with E-state index in [1.807, 2.05) is 0 Å².